The summed E-state index contributed by atoms with van der Waals surface area (Å²) in [4.78, 5) is 3.56. The number of nitrogens with zero attached hydrogens (tertiary/aromatic N) is 2. The van der Waals surface area contributed by atoms with E-state index in [0.717, 1.165) is 0 Å². The lowest BCUT2D eigenvalue weighted by Gasteiger charge is -2.02. The van der Waals surface area contributed by atoms with E-state index in [0.29, 0.717) is 0 Å². The summed E-state index contributed by atoms with van der Waals surface area (Å²) in [6.45, 7) is 0. The minimum absolute atomic E-state index is 0.193. The van der Waals surface area contributed by atoms with E-state index in [1.54, 1.807) is 0 Å². The zero-order valence-corrected chi connectivity index (χ0v) is 7.32. The number of hydrogen-bond donors (Lipinski definition) is 1. The molecule has 0 unspecified atom stereocenters. The van der Waals surface area contributed by atoms with Crippen molar-refractivity contribution in [1.29, 1.82) is 0 Å². The predicted octanol–water partition coefficient (Wildman–Crippen LogP) is 2.63. The molecular weight excluding hydrogens is 219 g/mol. The van der Waals surface area contributed by atoms with E-state index in [-0.39, 0.29) is 16.1 Å². The molecule has 74 valence electrons. The van der Waals surface area contributed by atoms with Crippen LogP contribution in [0.3, 0.4) is 0 Å². The Balaban J connectivity index is 2.80. The molecule has 7 heteroatoms. The largest absolute Gasteiger partial charge is 0.435 e. The Morgan fingerprint density at radius 3 is 2.71 bits per heavy atom. The number of hydrogen-bond acceptors (Lipinski definition) is 2. The van der Waals surface area contributed by atoms with E-state index in [9.17, 15) is 13.2 Å². The number of alkyl halides is 3. The molecule has 0 aliphatic carbocycles. The van der Waals surface area contributed by atoms with Gasteiger partial charge in [0.2, 0.25) is 0 Å². The summed E-state index contributed by atoms with van der Waals surface area (Å²) in [5.74, 6) is 0. The summed E-state index contributed by atoms with van der Waals surface area (Å²) in [7, 11) is 0. The third-order valence-electron chi connectivity index (χ3n) is 1.70. The van der Waals surface area contributed by atoms with Gasteiger partial charge in [0.15, 0.2) is 5.69 Å². The van der Waals surface area contributed by atoms with Gasteiger partial charge < -0.3 is 0 Å². The second-order valence-electron chi connectivity index (χ2n) is 2.59. The molecule has 0 aliphatic heterocycles. The standard InChI is InChI=1S/C7H3ClF3N3/c8-6-4-3(1-2-12-6)13-14-5(4)7(9,10)11/h1-2H,(H,13,14). The quantitative estimate of drug-likeness (QED) is 0.695. The molecule has 0 fully saturated rings. The summed E-state index contributed by atoms with van der Waals surface area (Å²) < 4.78 is 37.1. The van der Waals surface area contributed by atoms with Crippen LogP contribution in [-0.4, -0.2) is 15.2 Å². The molecule has 14 heavy (non-hydrogen) atoms. The lowest BCUT2D eigenvalue weighted by molar-refractivity contribution is -0.139. The first-order valence-electron chi connectivity index (χ1n) is 3.56. The SMILES string of the molecule is FC(F)(F)c1n[nH]c2ccnc(Cl)c12. The molecule has 1 N–H and O–H groups in total. The minimum atomic E-state index is -4.52. The maximum Gasteiger partial charge on any atom is 0.435 e. The van der Waals surface area contributed by atoms with Gasteiger partial charge in [0, 0.05) is 6.20 Å². The number of nitrogens with one attached hydrogen (secondary N) is 1. The Hall–Kier alpha value is -1.30. The van der Waals surface area contributed by atoms with E-state index in [1.165, 1.54) is 12.3 Å². The average molecular weight is 222 g/mol. The average Bonchev–Trinajstić information content (AvgIpc) is 2.47. The Bertz CT molecular complexity index is 476. The maximum atomic E-state index is 12.4. The van der Waals surface area contributed by atoms with Crippen molar-refractivity contribution < 1.29 is 13.2 Å². The molecule has 0 aliphatic rings. The molecule has 2 aromatic heterocycles. The summed E-state index contributed by atoms with van der Waals surface area (Å²) >= 11 is 5.54. The number of aromatic amines is 1. The number of rotatable bonds is 0. The van der Waals surface area contributed by atoms with Crippen molar-refractivity contribution in [2.24, 2.45) is 0 Å². The van der Waals surface area contributed by atoms with Crippen molar-refractivity contribution in [3.05, 3.63) is 23.1 Å². The van der Waals surface area contributed by atoms with Crippen LogP contribution < -0.4 is 0 Å². The van der Waals surface area contributed by atoms with E-state index in [1.807, 2.05) is 0 Å². The predicted molar refractivity (Wildman–Crippen MR) is 43.9 cm³/mol. The minimum Gasteiger partial charge on any atom is -0.277 e. The highest BCUT2D eigenvalue weighted by Crippen LogP contribution is 2.35. The van der Waals surface area contributed by atoms with Crippen molar-refractivity contribution in [2.45, 2.75) is 6.18 Å². The molecule has 2 heterocycles. The molecule has 0 radical (unpaired) electrons. The molecule has 0 saturated carbocycles. The van der Waals surface area contributed by atoms with Crippen LogP contribution in [0.15, 0.2) is 12.3 Å². The number of H-pyrrole nitrogens is 1. The van der Waals surface area contributed by atoms with Gasteiger partial charge in [-0.2, -0.15) is 18.3 Å². The van der Waals surface area contributed by atoms with Crippen LogP contribution in [0.4, 0.5) is 13.2 Å². The zero-order valence-electron chi connectivity index (χ0n) is 6.56. The fourth-order valence-corrected chi connectivity index (χ4v) is 1.38. The topological polar surface area (TPSA) is 41.6 Å². The van der Waals surface area contributed by atoms with Gasteiger partial charge >= 0.3 is 6.18 Å². The summed E-state index contributed by atoms with van der Waals surface area (Å²) in [5, 5.41) is 5.00. The second-order valence-corrected chi connectivity index (χ2v) is 2.95. The van der Waals surface area contributed by atoms with Crippen molar-refractivity contribution in [3.8, 4) is 0 Å². The van der Waals surface area contributed by atoms with E-state index < -0.39 is 11.9 Å². The van der Waals surface area contributed by atoms with Crippen LogP contribution in [0.5, 0.6) is 0 Å². The molecule has 0 bridgehead atoms. The Labute approximate surface area is 80.9 Å². The number of halogens is 4. The molecule has 0 atom stereocenters. The zero-order chi connectivity index (χ0) is 10.3. The summed E-state index contributed by atoms with van der Waals surface area (Å²) in [6.07, 6.45) is -3.21. The fraction of sp³-hybridized carbons (Fsp3) is 0.143. The van der Waals surface area contributed by atoms with Crippen LogP contribution in [0.25, 0.3) is 10.9 Å². The van der Waals surface area contributed by atoms with Gasteiger partial charge in [0.25, 0.3) is 0 Å². The van der Waals surface area contributed by atoms with E-state index >= 15 is 0 Å². The van der Waals surface area contributed by atoms with Crippen molar-refractivity contribution in [3.63, 3.8) is 0 Å². The monoisotopic (exact) mass is 221 g/mol. The highest BCUT2D eigenvalue weighted by molar-refractivity contribution is 6.34. The van der Waals surface area contributed by atoms with Crippen molar-refractivity contribution >= 4 is 22.5 Å². The molecule has 2 aromatic rings. The summed E-state index contributed by atoms with van der Waals surface area (Å²) in [5.41, 5.74) is -0.817. The highest BCUT2D eigenvalue weighted by atomic mass is 35.5. The molecule has 0 spiro atoms. The third kappa shape index (κ3) is 1.31. The van der Waals surface area contributed by atoms with Gasteiger partial charge in [-0.1, -0.05) is 11.6 Å². The lowest BCUT2D eigenvalue weighted by atomic mass is 10.2. The first kappa shape index (κ1) is 9.26. The Kier molecular flexibility index (Phi) is 1.88. The van der Waals surface area contributed by atoms with Crippen LogP contribution in [0.1, 0.15) is 5.69 Å². The van der Waals surface area contributed by atoms with Gasteiger partial charge in [0.1, 0.15) is 5.15 Å². The van der Waals surface area contributed by atoms with Gasteiger partial charge in [-0.3, -0.25) is 5.10 Å². The van der Waals surface area contributed by atoms with Crippen LogP contribution in [-0.2, 0) is 6.18 Å². The normalized spacial score (nSPS) is 12.3. The molecular formula is C7H3ClF3N3. The Morgan fingerprint density at radius 2 is 2.07 bits per heavy atom. The highest BCUT2D eigenvalue weighted by Gasteiger charge is 2.36. The molecule has 0 saturated heterocycles. The molecule has 0 amide bonds. The van der Waals surface area contributed by atoms with Gasteiger partial charge in [-0.25, -0.2) is 4.98 Å². The van der Waals surface area contributed by atoms with Crippen LogP contribution in [0.2, 0.25) is 5.15 Å². The van der Waals surface area contributed by atoms with Crippen molar-refractivity contribution in [1.82, 2.24) is 15.2 Å². The first-order chi connectivity index (χ1) is 6.50. The number of fused-ring (bicyclic) bond motifs is 1. The van der Waals surface area contributed by atoms with E-state index in [2.05, 4.69) is 15.2 Å². The van der Waals surface area contributed by atoms with E-state index in [4.69, 9.17) is 11.6 Å². The molecule has 2 rings (SSSR count). The number of aromatic nitrogens is 3. The first-order valence-corrected chi connectivity index (χ1v) is 3.93. The van der Waals surface area contributed by atoms with Crippen LogP contribution in [0, 0.1) is 0 Å². The van der Waals surface area contributed by atoms with Gasteiger partial charge in [-0.05, 0) is 6.07 Å². The fourth-order valence-electron chi connectivity index (χ4n) is 1.13. The second kappa shape index (κ2) is 2.84. The van der Waals surface area contributed by atoms with Crippen LogP contribution >= 0.6 is 11.6 Å². The smallest absolute Gasteiger partial charge is 0.277 e. The maximum absolute atomic E-state index is 12.4. The molecule has 0 aromatic carbocycles. The lowest BCUT2D eigenvalue weighted by Crippen LogP contribution is -2.06. The van der Waals surface area contributed by atoms with Gasteiger partial charge in [-0.15, -0.1) is 0 Å². The third-order valence-corrected chi connectivity index (χ3v) is 1.98. The summed E-state index contributed by atoms with van der Waals surface area (Å²) in [6, 6.07) is 1.38. The Morgan fingerprint density at radius 1 is 1.36 bits per heavy atom. The molecule has 3 nitrogen and oxygen atoms in total. The van der Waals surface area contributed by atoms with Crippen molar-refractivity contribution in [2.75, 3.05) is 0 Å². The van der Waals surface area contributed by atoms with Gasteiger partial charge in [0.05, 0.1) is 10.9 Å². The number of pyridine rings is 1.